The van der Waals surface area contributed by atoms with Crippen LogP contribution in [0.15, 0.2) is 30.3 Å². The van der Waals surface area contributed by atoms with Crippen LogP contribution in [-0.2, 0) is 0 Å². The van der Waals surface area contributed by atoms with E-state index in [2.05, 4.69) is 70.3 Å². The van der Waals surface area contributed by atoms with Crippen molar-refractivity contribution in [1.82, 2.24) is 5.32 Å². The molecule has 0 aliphatic heterocycles. The highest BCUT2D eigenvalue weighted by Crippen LogP contribution is 2.62. The molecule has 1 heteroatoms. The normalized spacial score (nSPS) is 35.3. The summed E-state index contributed by atoms with van der Waals surface area (Å²) in [6, 6.07) is 12.1. The lowest BCUT2D eigenvalue weighted by molar-refractivity contribution is 0.0916. The highest BCUT2D eigenvalue weighted by atomic mass is 15.0. The molecule has 2 aliphatic carbocycles. The summed E-state index contributed by atoms with van der Waals surface area (Å²) in [5, 5.41) is 4.09. The molecule has 2 saturated carbocycles. The van der Waals surface area contributed by atoms with Gasteiger partial charge in [-0.1, -0.05) is 65.0 Å². The molecule has 2 unspecified atom stereocenters. The average Bonchev–Trinajstić information content (AvgIpc) is 2.90. The van der Waals surface area contributed by atoms with E-state index in [1.54, 1.807) is 0 Å². The zero-order valence-electron chi connectivity index (χ0n) is 14.3. The van der Waals surface area contributed by atoms with Crippen molar-refractivity contribution in [2.45, 2.75) is 66.0 Å². The summed E-state index contributed by atoms with van der Waals surface area (Å²) in [4.78, 5) is 0. The Labute approximate surface area is 130 Å². The molecule has 0 spiro atoms. The first-order valence-corrected chi connectivity index (χ1v) is 8.65. The van der Waals surface area contributed by atoms with Gasteiger partial charge in [0.15, 0.2) is 0 Å². The first kappa shape index (κ1) is 15.1. The van der Waals surface area contributed by atoms with E-state index in [0.29, 0.717) is 28.8 Å². The van der Waals surface area contributed by atoms with Crippen LogP contribution in [0.25, 0.3) is 0 Å². The van der Waals surface area contributed by atoms with Gasteiger partial charge in [0.25, 0.3) is 0 Å². The van der Waals surface area contributed by atoms with Gasteiger partial charge in [-0.2, -0.15) is 0 Å². The average molecular weight is 285 g/mol. The quantitative estimate of drug-likeness (QED) is 0.803. The van der Waals surface area contributed by atoms with Gasteiger partial charge in [0.05, 0.1) is 0 Å². The van der Waals surface area contributed by atoms with Gasteiger partial charge in [-0.15, -0.1) is 0 Å². The summed E-state index contributed by atoms with van der Waals surface area (Å²) in [5.74, 6) is 1.52. The molecular weight excluding hydrogens is 254 g/mol. The lowest BCUT2D eigenvalue weighted by Gasteiger charge is -2.46. The molecule has 1 N–H and O–H groups in total. The van der Waals surface area contributed by atoms with Gasteiger partial charge >= 0.3 is 0 Å². The minimum atomic E-state index is 0.426. The second-order valence-corrected chi connectivity index (χ2v) is 8.65. The molecule has 2 aliphatic rings. The molecular formula is C20H31N. The lowest BCUT2D eigenvalue weighted by atomic mass is 9.68. The number of hydrogen-bond donors (Lipinski definition) is 1. The number of benzene rings is 1. The van der Waals surface area contributed by atoms with E-state index >= 15 is 0 Å². The minimum Gasteiger partial charge on any atom is -0.306 e. The molecule has 0 saturated heterocycles. The maximum Gasteiger partial charge on any atom is 0.0346 e. The van der Waals surface area contributed by atoms with Crippen LogP contribution in [0.3, 0.4) is 0 Å². The Kier molecular flexibility index (Phi) is 3.68. The Balaban J connectivity index is 1.87. The minimum absolute atomic E-state index is 0.426. The van der Waals surface area contributed by atoms with E-state index in [9.17, 15) is 0 Å². The molecule has 1 aromatic carbocycles. The second-order valence-electron chi connectivity index (χ2n) is 8.65. The predicted octanol–water partition coefficient (Wildman–Crippen LogP) is 5.19. The molecule has 0 heterocycles. The molecule has 4 atom stereocenters. The van der Waals surface area contributed by atoms with Crippen molar-refractivity contribution in [2.75, 3.05) is 0 Å². The zero-order chi connectivity index (χ0) is 15.3. The van der Waals surface area contributed by atoms with E-state index in [1.165, 1.54) is 24.8 Å². The predicted molar refractivity (Wildman–Crippen MR) is 90.2 cm³/mol. The third-order valence-electron chi connectivity index (χ3n) is 6.44. The molecule has 0 aromatic heterocycles. The summed E-state index contributed by atoms with van der Waals surface area (Å²) < 4.78 is 0. The summed E-state index contributed by atoms with van der Waals surface area (Å²) in [6.07, 6.45) is 4.25. The smallest absolute Gasteiger partial charge is 0.0346 e. The number of fused-ring (bicyclic) bond motifs is 2. The first-order chi connectivity index (χ1) is 9.84. The van der Waals surface area contributed by atoms with E-state index < -0.39 is 0 Å². The van der Waals surface area contributed by atoms with Crippen molar-refractivity contribution in [1.29, 1.82) is 0 Å². The van der Waals surface area contributed by atoms with Gasteiger partial charge in [-0.3, -0.25) is 0 Å². The summed E-state index contributed by atoms with van der Waals surface area (Å²) in [5.41, 5.74) is 2.36. The SMILES string of the molecule is CC(C)C(NC1C(C)(C)[C@H]2CC[C@]1(C)C2)c1ccccc1. The standard InChI is InChI=1S/C20H31N/c1-14(2)17(15-9-7-6-8-10-15)21-18-19(3,4)16-11-12-20(18,5)13-16/h6-10,14,16-18,21H,11-13H2,1-5H3/t16-,17?,18?,20+/m0/s1. The van der Waals surface area contributed by atoms with E-state index in [4.69, 9.17) is 0 Å². The molecule has 0 radical (unpaired) electrons. The van der Waals surface area contributed by atoms with Crippen molar-refractivity contribution in [3.8, 4) is 0 Å². The fourth-order valence-electron chi connectivity index (χ4n) is 5.23. The van der Waals surface area contributed by atoms with Crippen LogP contribution in [0.4, 0.5) is 0 Å². The van der Waals surface area contributed by atoms with Gasteiger partial charge < -0.3 is 5.32 Å². The van der Waals surface area contributed by atoms with Gasteiger partial charge in [-0.25, -0.2) is 0 Å². The molecule has 3 rings (SSSR count). The lowest BCUT2D eigenvalue weighted by Crippen LogP contribution is -2.52. The van der Waals surface area contributed by atoms with Gasteiger partial charge in [0.2, 0.25) is 0 Å². The van der Waals surface area contributed by atoms with Crippen LogP contribution >= 0.6 is 0 Å². The largest absolute Gasteiger partial charge is 0.306 e. The number of rotatable bonds is 4. The Morgan fingerprint density at radius 2 is 1.76 bits per heavy atom. The Hall–Kier alpha value is -0.820. The third-order valence-corrected chi connectivity index (χ3v) is 6.44. The van der Waals surface area contributed by atoms with Crippen LogP contribution in [-0.4, -0.2) is 6.04 Å². The van der Waals surface area contributed by atoms with Gasteiger partial charge in [0, 0.05) is 12.1 Å². The number of nitrogens with one attached hydrogen (secondary N) is 1. The van der Waals surface area contributed by atoms with Crippen LogP contribution in [0, 0.1) is 22.7 Å². The molecule has 1 aromatic rings. The Morgan fingerprint density at radius 1 is 1.10 bits per heavy atom. The van der Waals surface area contributed by atoms with Crippen LogP contribution < -0.4 is 5.32 Å². The molecule has 116 valence electrons. The zero-order valence-corrected chi connectivity index (χ0v) is 14.3. The van der Waals surface area contributed by atoms with Crippen LogP contribution in [0.2, 0.25) is 0 Å². The monoisotopic (exact) mass is 285 g/mol. The molecule has 0 amide bonds. The Bertz CT molecular complexity index is 485. The maximum atomic E-state index is 4.09. The topological polar surface area (TPSA) is 12.0 Å². The first-order valence-electron chi connectivity index (χ1n) is 8.65. The summed E-state index contributed by atoms with van der Waals surface area (Å²) in [7, 11) is 0. The van der Waals surface area contributed by atoms with Gasteiger partial charge in [-0.05, 0) is 47.5 Å². The van der Waals surface area contributed by atoms with Crippen molar-refractivity contribution >= 4 is 0 Å². The molecule has 2 bridgehead atoms. The number of hydrogen-bond acceptors (Lipinski definition) is 1. The van der Waals surface area contributed by atoms with Crippen molar-refractivity contribution in [3.05, 3.63) is 35.9 Å². The second kappa shape index (κ2) is 5.12. The fourth-order valence-corrected chi connectivity index (χ4v) is 5.23. The van der Waals surface area contributed by atoms with Crippen LogP contribution in [0.1, 0.15) is 65.5 Å². The van der Waals surface area contributed by atoms with E-state index in [1.807, 2.05) is 0 Å². The van der Waals surface area contributed by atoms with E-state index in [-0.39, 0.29) is 0 Å². The Morgan fingerprint density at radius 3 is 2.29 bits per heavy atom. The van der Waals surface area contributed by atoms with Crippen molar-refractivity contribution in [2.24, 2.45) is 22.7 Å². The summed E-state index contributed by atoms with van der Waals surface area (Å²) >= 11 is 0. The highest BCUT2D eigenvalue weighted by Gasteiger charge is 2.59. The highest BCUT2D eigenvalue weighted by molar-refractivity contribution is 5.21. The third kappa shape index (κ3) is 2.44. The van der Waals surface area contributed by atoms with Crippen molar-refractivity contribution in [3.63, 3.8) is 0 Å². The molecule has 21 heavy (non-hydrogen) atoms. The molecule has 2 fully saturated rings. The summed E-state index contributed by atoms with van der Waals surface area (Å²) in [6.45, 7) is 12.2. The molecule has 1 nitrogen and oxygen atoms in total. The van der Waals surface area contributed by atoms with E-state index in [0.717, 1.165) is 5.92 Å². The van der Waals surface area contributed by atoms with Gasteiger partial charge in [0.1, 0.15) is 0 Å². The fraction of sp³-hybridized carbons (Fsp3) is 0.700. The van der Waals surface area contributed by atoms with Crippen LogP contribution in [0.5, 0.6) is 0 Å². The van der Waals surface area contributed by atoms with Crippen molar-refractivity contribution < 1.29 is 0 Å². The maximum absolute atomic E-state index is 4.09.